The Morgan fingerprint density at radius 2 is 2.00 bits per heavy atom. The van der Waals surface area contributed by atoms with E-state index in [0.717, 1.165) is 12.8 Å². The maximum atomic E-state index is 11.0. The molecule has 2 N–H and O–H groups in total. The van der Waals surface area contributed by atoms with Crippen molar-refractivity contribution < 1.29 is 14.9 Å². The molecule has 4 rings (SSSR count). The molecule has 3 saturated carbocycles. The molecule has 0 bridgehead atoms. The number of hydrogen-bond acceptors (Lipinski definition) is 3. The lowest BCUT2D eigenvalue weighted by Gasteiger charge is -2.60. The van der Waals surface area contributed by atoms with E-state index in [0.29, 0.717) is 30.3 Å². The van der Waals surface area contributed by atoms with Crippen LogP contribution in [0.3, 0.4) is 0 Å². The average Bonchev–Trinajstić information content (AvgIpc) is 2.85. The molecule has 130 valence electrons. The highest BCUT2D eigenvalue weighted by molar-refractivity contribution is 5.21. The molecule has 7 atom stereocenters. The van der Waals surface area contributed by atoms with Gasteiger partial charge < -0.3 is 14.9 Å². The summed E-state index contributed by atoms with van der Waals surface area (Å²) < 4.78 is 6.13. The predicted octanol–water partition coefficient (Wildman–Crippen LogP) is 3.15. The summed E-state index contributed by atoms with van der Waals surface area (Å²) in [5.41, 5.74) is 1.62. The van der Waals surface area contributed by atoms with Crippen molar-refractivity contribution in [2.45, 2.75) is 65.1 Å². The van der Waals surface area contributed by atoms with E-state index >= 15 is 0 Å². The predicted molar refractivity (Wildman–Crippen MR) is 89.8 cm³/mol. The first kappa shape index (κ1) is 16.1. The first-order valence-corrected chi connectivity index (χ1v) is 9.48. The van der Waals surface area contributed by atoms with Gasteiger partial charge in [-0.3, -0.25) is 0 Å². The van der Waals surface area contributed by atoms with Crippen molar-refractivity contribution in [1.82, 2.24) is 0 Å². The van der Waals surface area contributed by atoms with Crippen molar-refractivity contribution >= 4 is 0 Å². The van der Waals surface area contributed by atoms with E-state index in [-0.39, 0.29) is 29.6 Å². The second-order valence-electron chi connectivity index (χ2n) is 9.48. The summed E-state index contributed by atoms with van der Waals surface area (Å²) in [5.74, 6) is 1.85. The minimum absolute atomic E-state index is 0.165. The van der Waals surface area contributed by atoms with Gasteiger partial charge >= 0.3 is 0 Å². The number of fused-ring (bicyclic) bond motifs is 5. The molecule has 0 aromatic rings. The number of hydrogen-bond donors (Lipinski definition) is 2. The van der Waals surface area contributed by atoms with Gasteiger partial charge in [-0.2, -0.15) is 0 Å². The molecule has 0 amide bonds. The monoisotopic (exact) mass is 320 g/mol. The summed E-state index contributed by atoms with van der Waals surface area (Å²) in [4.78, 5) is 0. The second-order valence-corrected chi connectivity index (χ2v) is 9.48. The van der Waals surface area contributed by atoms with Crippen molar-refractivity contribution in [3.8, 4) is 0 Å². The Labute approximate surface area is 140 Å². The van der Waals surface area contributed by atoms with Gasteiger partial charge in [0.2, 0.25) is 0 Å². The van der Waals surface area contributed by atoms with Crippen LogP contribution in [0, 0.1) is 34.5 Å². The fourth-order valence-corrected chi connectivity index (χ4v) is 7.29. The minimum atomic E-state index is -0.206. The summed E-state index contributed by atoms with van der Waals surface area (Å²) in [5, 5.41) is 20.8. The average molecular weight is 320 g/mol. The van der Waals surface area contributed by atoms with E-state index in [1.54, 1.807) is 0 Å². The van der Waals surface area contributed by atoms with Crippen molar-refractivity contribution in [3.05, 3.63) is 11.6 Å². The molecule has 3 heteroatoms. The summed E-state index contributed by atoms with van der Waals surface area (Å²) in [6, 6.07) is 0. The van der Waals surface area contributed by atoms with Gasteiger partial charge in [-0.05, 0) is 59.8 Å². The SMILES string of the molecule is CC1(C)CCC[C@]2(C)[C@H]3C[C@H]4C(CO)=CCO[C@@H]4[C@H]3C[C@H](O)[C@@H]12. The molecule has 1 heterocycles. The Morgan fingerprint density at radius 1 is 1.22 bits per heavy atom. The molecule has 0 radical (unpaired) electrons. The Balaban J connectivity index is 1.71. The van der Waals surface area contributed by atoms with Crippen LogP contribution in [0.4, 0.5) is 0 Å². The maximum absolute atomic E-state index is 11.0. The zero-order valence-electron chi connectivity index (χ0n) is 14.8. The van der Waals surface area contributed by atoms with Crippen molar-refractivity contribution in [1.29, 1.82) is 0 Å². The van der Waals surface area contributed by atoms with Crippen LogP contribution in [-0.2, 0) is 4.74 Å². The normalized spacial score (nSPS) is 51.4. The quantitative estimate of drug-likeness (QED) is 0.730. The summed E-state index contributed by atoms with van der Waals surface area (Å²) >= 11 is 0. The van der Waals surface area contributed by atoms with Gasteiger partial charge in [-0.15, -0.1) is 0 Å². The summed E-state index contributed by atoms with van der Waals surface area (Å²) in [6.45, 7) is 7.95. The van der Waals surface area contributed by atoms with E-state index in [9.17, 15) is 10.2 Å². The first-order chi connectivity index (χ1) is 10.9. The Morgan fingerprint density at radius 3 is 2.74 bits per heavy atom. The van der Waals surface area contributed by atoms with Crippen molar-refractivity contribution in [3.63, 3.8) is 0 Å². The van der Waals surface area contributed by atoms with Gasteiger partial charge in [0.1, 0.15) is 0 Å². The van der Waals surface area contributed by atoms with E-state index in [4.69, 9.17) is 4.74 Å². The second kappa shape index (κ2) is 5.31. The maximum Gasteiger partial charge on any atom is 0.0677 e. The molecule has 3 aliphatic carbocycles. The summed E-state index contributed by atoms with van der Waals surface area (Å²) in [7, 11) is 0. The number of aliphatic hydroxyl groups excluding tert-OH is 2. The molecule has 4 aliphatic rings. The third-order valence-electron chi connectivity index (χ3n) is 7.97. The van der Waals surface area contributed by atoms with Crippen LogP contribution < -0.4 is 0 Å². The van der Waals surface area contributed by atoms with Crippen LogP contribution in [0.15, 0.2) is 11.6 Å². The minimum Gasteiger partial charge on any atom is -0.393 e. The van der Waals surface area contributed by atoms with Crippen LogP contribution >= 0.6 is 0 Å². The van der Waals surface area contributed by atoms with Crippen LogP contribution in [0.25, 0.3) is 0 Å². The highest BCUT2D eigenvalue weighted by Crippen LogP contribution is 2.66. The topological polar surface area (TPSA) is 49.7 Å². The molecular weight excluding hydrogens is 288 g/mol. The van der Waals surface area contributed by atoms with Gasteiger partial charge in [0, 0.05) is 5.92 Å². The molecule has 0 unspecified atom stereocenters. The molecule has 0 saturated heterocycles. The van der Waals surface area contributed by atoms with Crippen LogP contribution in [0.5, 0.6) is 0 Å². The third-order valence-corrected chi connectivity index (χ3v) is 7.97. The standard InChI is InChI=1S/C20H32O3/c1-19(2)6-4-7-20(3)15-9-13-12(11-21)5-8-23-17(13)14(15)10-16(22)18(19)20/h5,13-18,21-22H,4,6-11H2,1-3H3/t13-,14-,15-,16-,17-,18-,20+/m0/s1. The first-order valence-electron chi connectivity index (χ1n) is 9.48. The van der Waals surface area contributed by atoms with Gasteiger partial charge in [0.05, 0.1) is 25.4 Å². The third kappa shape index (κ3) is 2.19. The zero-order valence-corrected chi connectivity index (χ0v) is 14.8. The van der Waals surface area contributed by atoms with E-state index < -0.39 is 0 Å². The highest BCUT2D eigenvalue weighted by atomic mass is 16.5. The molecule has 23 heavy (non-hydrogen) atoms. The lowest BCUT2D eigenvalue weighted by Crippen LogP contribution is -2.57. The van der Waals surface area contributed by atoms with E-state index in [1.165, 1.54) is 24.8 Å². The Hall–Kier alpha value is -0.380. The fraction of sp³-hybridized carbons (Fsp3) is 0.900. The number of ether oxygens (including phenoxy) is 1. The molecule has 0 aromatic carbocycles. The van der Waals surface area contributed by atoms with Gasteiger partial charge in [0.25, 0.3) is 0 Å². The molecule has 3 nitrogen and oxygen atoms in total. The fourth-order valence-electron chi connectivity index (χ4n) is 7.29. The van der Waals surface area contributed by atoms with Crippen LogP contribution in [0.2, 0.25) is 0 Å². The smallest absolute Gasteiger partial charge is 0.0677 e. The number of rotatable bonds is 1. The van der Waals surface area contributed by atoms with Crippen molar-refractivity contribution in [2.75, 3.05) is 13.2 Å². The lowest BCUT2D eigenvalue weighted by molar-refractivity contribution is -0.165. The Bertz CT molecular complexity index is 511. The molecular formula is C20H32O3. The van der Waals surface area contributed by atoms with E-state index in [1.807, 2.05) is 0 Å². The van der Waals surface area contributed by atoms with Crippen LogP contribution in [-0.4, -0.2) is 35.6 Å². The number of aliphatic hydroxyl groups is 2. The molecule has 0 spiro atoms. The summed E-state index contributed by atoms with van der Waals surface area (Å²) in [6.07, 6.45) is 7.84. The van der Waals surface area contributed by atoms with Crippen LogP contribution in [0.1, 0.15) is 52.9 Å². The van der Waals surface area contributed by atoms with E-state index in [2.05, 4.69) is 26.8 Å². The Kier molecular flexibility index (Phi) is 3.72. The highest BCUT2D eigenvalue weighted by Gasteiger charge is 2.63. The van der Waals surface area contributed by atoms with Gasteiger partial charge in [0.15, 0.2) is 0 Å². The molecule has 0 aromatic heterocycles. The lowest BCUT2D eigenvalue weighted by atomic mass is 9.46. The largest absolute Gasteiger partial charge is 0.393 e. The molecule has 1 aliphatic heterocycles. The van der Waals surface area contributed by atoms with Gasteiger partial charge in [-0.1, -0.05) is 33.3 Å². The zero-order chi connectivity index (χ0) is 16.4. The van der Waals surface area contributed by atoms with Crippen molar-refractivity contribution in [2.24, 2.45) is 34.5 Å². The van der Waals surface area contributed by atoms with Gasteiger partial charge in [-0.25, -0.2) is 0 Å². The molecule has 3 fully saturated rings.